The molecule has 0 spiro atoms. The molecule has 0 radical (unpaired) electrons. The number of nitrogens with one attached hydrogen (secondary N) is 2. The Hall–Kier alpha value is -3.34. The van der Waals surface area contributed by atoms with Crippen molar-refractivity contribution >= 4 is 28.8 Å². The lowest BCUT2D eigenvalue weighted by Crippen LogP contribution is -2.55. The first-order valence-electron chi connectivity index (χ1n) is 17.2. The Balaban J connectivity index is 1.12. The lowest BCUT2D eigenvalue weighted by molar-refractivity contribution is -0.140. The number of aromatic nitrogens is 2. The number of halogens is 1. The van der Waals surface area contributed by atoms with Crippen LogP contribution in [-0.4, -0.2) is 80.1 Å². The second-order valence-electron chi connectivity index (χ2n) is 14.6. The van der Waals surface area contributed by atoms with Crippen molar-refractivity contribution in [3.8, 4) is 0 Å². The first kappa shape index (κ1) is 31.3. The van der Waals surface area contributed by atoms with E-state index in [1.807, 2.05) is 19.9 Å². The molecule has 1 aromatic heterocycles. The van der Waals surface area contributed by atoms with Crippen molar-refractivity contribution in [2.75, 3.05) is 31.5 Å². The van der Waals surface area contributed by atoms with Crippen LogP contribution < -0.4 is 10.6 Å². The van der Waals surface area contributed by atoms with E-state index in [1.54, 1.807) is 0 Å². The lowest BCUT2D eigenvalue weighted by atomic mass is 9.83. The van der Waals surface area contributed by atoms with Gasteiger partial charge >= 0.3 is 0 Å². The normalized spacial score (nSPS) is 26.0. The van der Waals surface area contributed by atoms with E-state index in [-0.39, 0.29) is 23.7 Å². The zero-order chi connectivity index (χ0) is 32.0. The number of hydrogen-bond acceptors (Lipinski definition) is 6. The van der Waals surface area contributed by atoms with Crippen LogP contribution in [0.15, 0.2) is 42.5 Å². The Kier molecular flexibility index (Phi) is 8.63. The number of carbonyl (C=O) groups is 2. The third kappa shape index (κ3) is 6.31. The van der Waals surface area contributed by atoms with Gasteiger partial charge in [0.1, 0.15) is 5.82 Å². The van der Waals surface area contributed by atoms with Crippen LogP contribution in [0, 0.1) is 17.7 Å². The van der Waals surface area contributed by atoms with Crippen LogP contribution in [0.25, 0.3) is 11.0 Å². The number of anilines is 1. The van der Waals surface area contributed by atoms with Crippen molar-refractivity contribution in [3.05, 3.63) is 59.4 Å². The summed E-state index contributed by atoms with van der Waals surface area (Å²) in [7, 11) is 0. The summed E-state index contributed by atoms with van der Waals surface area (Å²) in [4.78, 5) is 36.5. The molecule has 2 atom stereocenters. The summed E-state index contributed by atoms with van der Waals surface area (Å²) >= 11 is 0. The van der Waals surface area contributed by atoms with Gasteiger partial charge in [-0.3, -0.25) is 19.8 Å². The lowest BCUT2D eigenvalue weighted by Gasteiger charge is -2.39. The maximum atomic E-state index is 13.7. The number of imidazole rings is 1. The molecule has 3 N–H and O–H groups in total. The minimum atomic E-state index is -0.652. The molecule has 246 valence electrons. The van der Waals surface area contributed by atoms with E-state index in [0.29, 0.717) is 35.4 Å². The Morgan fingerprint density at radius 2 is 1.59 bits per heavy atom. The summed E-state index contributed by atoms with van der Waals surface area (Å²) in [5.41, 5.74) is 2.70. The standard InChI is InChI=1S/C36H47FN6O3/c1-36(2,46)26-15-17-41(18-16-26)22-23-3-14-31-32(19-23)43(35(39-31)40-33(44)24-4-8-27(37)9-5-24)28-10-6-25(7-11-28)34(45)42-29-12-13-30(42)21-38-20-29/h3-5,8-9,14,19,25-26,28-30,38,46H,6-7,10-13,15-18,20-22H2,1-2H3,(H,39,40,44)/t25?,28?,29-,30+. The molecule has 4 heterocycles. The van der Waals surface area contributed by atoms with Crippen LogP contribution in [-0.2, 0) is 11.3 Å². The smallest absolute Gasteiger partial charge is 0.257 e. The molecule has 3 saturated heterocycles. The number of piperidine rings is 1. The SMILES string of the molecule is CC(C)(O)C1CCN(Cc2ccc3nc(NC(=O)c4ccc(F)cc4)n(C4CCC(C(=O)N5[C@@H]6CC[C@H]5CNC6)CC4)c3c2)CC1. The van der Waals surface area contributed by atoms with E-state index in [4.69, 9.17) is 4.98 Å². The first-order chi connectivity index (χ1) is 22.1. The van der Waals surface area contributed by atoms with Crippen LogP contribution in [0.4, 0.5) is 10.3 Å². The maximum Gasteiger partial charge on any atom is 0.257 e. The molecule has 2 bridgehead atoms. The average Bonchev–Trinajstić information content (AvgIpc) is 3.52. The Morgan fingerprint density at radius 3 is 2.24 bits per heavy atom. The average molecular weight is 631 g/mol. The molecule has 3 aromatic rings. The highest BCUT2D eigenvalue weighted by atomic mass is 19.1. The summed E-state index contributed by atoms with van der Waals surface area (Å²) in [5, 5.41) is 17.0. The van der Waals surface area contributed by atoms with Crippen molar-refractivity contribution in [2.45, 2.75) is 95.5 Å². The fourth-order valence-corrected chi connectivity index (χ4v) is 8.46. The molecule has 9 nitrogen and oxygen atoms in total. The minimum absolute atomic E-state index is 0.0341. The Morgan fingerprint density at radius 1 is 0.935 bits per heavy atom. The fourth-order valence-electron chi connectivity index (χ4n) is 8.46. The van der Waals surface area contributed by atoms with Crippen molar-refractivity contribution in [3.63, 3.8) is 0 Å². The highest BCUT2D eigenvalue weighted by molar-refractivity contribution is 6.04. The van der Waals surface area contributed by atoms with Crippen molar-refractivity contribution < 1.29 is 19.1 Å². The zero-order valence-corrected chi connectivity index (χ0v) is 27.1. The van der Waals surface area contributed by atoms with Crippen LogP contribution in [0.2, 0.25) is 0 Å². The van der Waals surface area contributed by atoms with Gasteiger partial charge in [0, 0.05) is 49.2 Å². The summed E-state index contributed by atoms with van der Waals surface area (Å²) < 4.78 is 15.7. The van der Waals surface area contributed by atoms with Crippen molar-refractivity contribution in [1.82, 2.24) is 24.7 Å². The number of hydrogen-bond donors (Lipinski definition) is 3. The highest BCUT2D eigenvalue weighted by Gasteiger charge is 2.42. The van der Waals surface area contributed by atoms with Crippen LogP contribution >= 0.6 is 0 Å². The molecule has 4 fully saturated rings. The summed E-state index contributed by atoms with van der Waals surface area (Å²) in [5.74, 6) is 0.437. The van der Waals surface area contributed by atoms with Gasteiger partial charge in [-0.2, -0.15) is 0 Å². The Bertz CT molecular complexity index is 1550. The second-order valence-corrected chi connectivity index (χ2v) is 14.6. The first-order valence-corrected chi connectivity index (χ1v) is 17.2. The van der Waals surface area contributed by atoms with Crippen LogP contribution in [0.5, 0.6) is 0 Å². The largest absolute Gasteiger partial charge is 0.390 e. The third-order valence-electron chi connectivity index (χ3n) is 11.1. The molecular formula is C36H47FN6O3. The molecule has 2 aromatic carbocycles. The zero-order valence-electron chi connectivity index (χ0n) is 27.1. The number of piperazine rings is 1. The van der Waals surface area contributed by atoms with Gasteiger partial charge < -0.3 is 19.9 Å². The molecule has 1 aliphatic carbocycles. The van der Waals surface area contributed by atoms with Crippen molar-refractivity contribution in [1.29, 1.82) is 0 Å². The molecule has 7 rings (SSSR count). The minimum Gasteiger partial charge on any atom is -0.390 e. The van der Waals surface area contributed by atoms with Gasteiger partial charge in [0.25, 0.3) is 5.91 Å². The summed E-state index contributed by atoms with van der Waals surface area (Å²) in [6, 6.07) is 12.6. The number of fused-ring (bicyclic) bond motifs is 3. The van der Waals surface area contributed by atoms with Crippen LogP contribution in [0.1, 0.15) is 87.2 Å². The highest BCUT2D eigenvalue weighted by Crippen LogP contribution is 2.40. The van der Waals surface area contributed by atoms with E-state index < -0.39 is 5.60 Å². The van der Waals surface area contributed by atoms with Crippen molar-refractivity contribution in [2.24, 2.45) is 11.8 Å². The third-order valence-corrected chi connectivity index (χ3v) is 11.1. The predicted octanol–water partition coefficient (Wildman–Crippen LogP) is 5.10. The van der Waals surface area contributed by atoms with E-state index in [0.717, 1.165) is 95.1 Å². The summed E-state index contributed by atoms with van der Waals surface area (Å²) in [6.45, 7) is 8.31. The van der Waals surface area contributed by atoms with E-state index in [9.17, 15) is 19.1 Å². The van der Waals surface area contributed by atoms with Gasteiger partial charge in [0.15, 0.2) is 0 Å². The maximum absolute atomic E-state index is 13.7. The summed E-state index contributed by atoms with van der Waals surface area (Å²) in [6.07, 6.45) is 7.42. The molecule has 0 unspecified atom stereocenters. The predicted molar refractivity (Wildman–Crippen MR) is 176 cm³/mol. The number of carbonyl (C=O) groups excluding carboxylic acids is 2. The van der Waals surface area contributed by atoms with Gasteiger partial charge in [-0.15, -0.1) is 0 Å². The van der Waals surface area contributed by atoms with E-state index in [1.165, 1.54) is 29.8 Å². The number of aliphatic hydroxyl groups is 1. The number of amides is 2. The monoisotopic (exact) mass is 630 g/mol. The number of likely N-dealkylation sites (tertiary alicyclic amines) is 1. The molecule has 1 saturated carbocycles. The Labute approximate surface area is 270 Å². The van der Waals surface area contributed by atoms with E-state index in [2.05, 4.69) is 37.1 Å². The second kappa shape index (κ2) is 12.7. The van der Waals surface area contributed by atoms with E-state index >= 15 is 0 Å². The van der Waals surface area contributed by atoms with Gasteiger partial charge in [-0.05, 0) is 126 Å². The van der Waals surface area contributed by atoms with Gasteiger partial charge in [-0.1, -0.05) is 6.07 Å². The number of rotatable bonds is 7. The quantitative estimate of drug-likeness (QED) is 0.336. The van der Waals surface area contributed by atoms with Gasteiger partial charge in [0.05, 0.1) is 16.6 Å². The number of nitrogens with zero attached hydrogens (tertiary/aromatic N) is 4. The molecule has 2 amide bonds. The van der Waals surface area contributed by atoms with Crippen LogP contribution in [0.3, 0.4) is 0 Å². The van der Waals surface area contributed by atoms with Gasteiger partial charge in [-0.25, -0.2) is 9.37 Å². The molecule has 46 heavy (non-hydrogen) atoms. The fraction of sp³-hybridized carbons (Fsp3) is 0.583. The number of benzene rings is 2. The molecule has 3 aliphatic heterocycles. The molecular weight excluding hydrogens is 583 g/mol. The van der Waals surface area contributed by atoms with Gasteiger partial charge in [0.2, 0.25) is 11.9 Å². The topological polar surface area (TPSA) is 103 Å². The molecule has 10 heteroatoms. The molecule has 4 aliphatic rings.